The van der Waals surface area contributed by atoms with E-state index in [0.717, 1.165) is 44.4 Å². The Hall–Kier alpha value is -0.980. The van der Waals surface area contributed by atoms with E-state index in [0.29, 0.717) is 0 Å². The first kappa shape index (κ1) is 12.5. The summed E-state index contributed by atoms with van der Waals surface area (Å²) in [6.07, 6.45) is 0. The number of aromatic nitrogens is 2. The van der Waals surface area contributed by atoms with Crippen LogP contribution in [0.5, 0.6) is 0 Å². The molecule has 1 aromatic heterocycles. The van der Waals surface area contributed by atoms with E-state index < -0.39 is 0 Å². The van der Waals surface area contributed by atoms with E-state index in [4.69, 9.17) is 4.52 Å². The molecule has 0 bridgehead atoms. The molecule has 6 heteroatoms. The van der Waals surface area contributed by atoms with Crippen molar-refractivity contribution in [2.75, 3.05) is 40.3 Å². The van der Waals surface area contributed by atoms with Crippen molar-refractivity contribution >= 4 is 0 Å². The van der Waals surface area contributed by atoms with E-state index in [-0.39, 0.29) is 6.04 Å². The van der Waals surface area contributed by atoms with Crippen molar-refractivity contribution in [3.05, 3.63) is 11.7 Å². The van der Waals surface area contributed by atoms with Crippen LogP contribution in [0.1, 0.15) is 24.7 Å². The summed E-state index contributed by atoms with van der Waals surface area (Å²) in [7, 11) is 3.99. The molecule has 0 aromatic carbocycles. The van der Waals surface area contributed by atoms with Crippen molar-refractivity contribution in [2.45, 2.75) is 19.5 Å². The first-order chi connectivity index (χ1) is 8.16. The Morgan fingerprint density at radius 1 is 1.41 bits per heavy atom. The molecule has 0 aliphatic carbocycles. The molecule has 0 amide bonds. The maximum absolute atomic E-state index is 5.33. The molecule has 96 valence electrons. The molecule has 2 heterocycles. The number of hydrogen-bond donors (Lipinski definition) is 1. The van der Waals surface area contributed by atoms with Crippen LogP contribution >= 0.6 is 0 Å². The van der Waals surface area contributed by atoms with Gasteiger partial charge in [-0.2, -0.15) is 4.98 Å². The molecule has 1 atom stereocenters. The Morgan fingerprint density at radius 3 is 2.76 bits per heavy atom. The average Bonchev–Trinajstić information content (AvgIpc) is 2.77. The number of hydrogen-bond acceptors (Lipinski definition) is 6. The second-order valence-corrected chi connectivity index (χ2v) is 4.75. The van der Waals surface area contributed by atoms with Crippen LogP contribution in [0, 0.1) is 0 Å². The van der Waals surface area contributed by atoms with Gasteiger partial charge in [0.15, 0.2) is 5.82 Å². The monoisotopic (exact) mass is 239 g/mol. The summed E-state index contributed by atoms with van der Waals surface area (Å²) in [6, 6.07) is 0.209. The fourth-order valence-corrected chi connectivity index (χ4v) is 2.01. The molecule has 0 saturated carbocycles. The molecule has 1 aromatic rings. The first-order valence-corrected chi connectivity index (χ1v) is 6.09. The summed E-state index contributed by atoms with van der Waals surface area (Å²) in [4.78, 5) is 8.84. The number of nitrogens with one attached hydrogen (secondary N) is 1. The fourth-order valence-electron chi connectivity index (χ4n) is 2.01. The molecule has 2 rings (SSSR count). The average molecular weight is 239 g/mol. The van der Waals surface area contributed by atoms with Gasteiger partial charge in [-0.15, -0.1) is 0 Å². The van der Waals surface area contributed by atoms with Crippen LogP contribution in [0.25, 0.3) is 0 Å². The molecular weight excluding hydrogens is 218 g/mol. The smallest absolute Gasteiger partial charge is 0.243 e. The summed E-state index contributed by atoms with van der Waals surface area (Å²) in [5.41, 5.74) is 0. The number of piperazine rings is 1. The minimum Gasteiger partial charge on any atom is -0.338 e. The Bertz CT molecular complexity index is 345. The van der Waals surface area contributed by atoms with Gasteiger partial charge in [-0.3, -0.25) is 4.90 Å². The van der Waals surface area contributed by atoms with E-state index in [1.807, 2.05) is 19.0 Å². The number of rotatable bonds is 4. The van der Waals surface area contributed by atoms with Gasteiger partial charge in [0.2, 0.25) is 5.89 Å². The zero-order valence-electron chi connectivity index (χ0n) is 10.8. The van der Waals surface area contributed by atoms with Gasteiger partial charge in [0.25, 0.3) is 0 Å². The lowest BCUT2D eigenvalue weighted by Crippen LogP contribution is -2.44. The van der Waals surface area contributed by atoms with Crippen LogP contribution in [0.4, 0.5) is 0 Å². The van der Waals surface area contributed by atoms with Crippen molar-refractivity contribution < 1.29 is 4.52 Å². The Balaban J connectivity index is 1.98. The normalized spacial score (nSPS) is 19.8. The zero-order valence-corrected chi connectivity index (χ0v) is 10.8. The summed E-state index contributed by atoms with van der Waals surface area (Å²) >= 11 is 0. The lowest BCUT2D eigenvalue weighted by atomic mass is 10.2. The first-order valence-electron chi connectivity index (χ1n) is 6.09. The van der Waals surface area contributed by atoms with Crippen molar-refractivity contribution in [1.29, 1.82) is 0 Å². The summed E-state index contributed by atoms with van der Waals surface area (Å²) in [5.74, 6) is 1.48. The van der Waals surface area contributed by atoms with E-state index in [1.165, 1.54) is 0 Å². The molecule has 6 nitrogen and oxygen atoms in total. The highest BCUT2D eigenvalue weighted by Gasteiger charge is 2.22. The number of nitrogens with zero attached hydrogens (tertiary/aromatic N) is 4. The Kier molecular flexibility index (Phi) is 4.09. The molecule has 0 spiro atoms. The SMILES string of the molecule is CC(c1nc(CN(C)C)no1)N1CCNCC1. The third-order valence-corrected chi connectivity index (χ3v) is 3.00. The second kappa shape index (κ2) is 5.57. The topological polar surface area (TPSA) is 57.4 Å². The molecule has 1 aliphatic rings. The van der Waals surface area contributed by atoms with Gasteiger partial charge in [-0.25, -0.2) is 0 Å². The van der Waals surface area contributed by atoms with E-state index in [2.05, 4.69) is 27.3 Å². The van der Waals surface area contributed by atoms with Gasteiger partial charge in [-0.05, 0) is 21.0 Å². The maximum Gasteiger partial charge on any atom is 0.243 e. The third-order valence-electron chi connectivity index (χ3n) is 3.00. The molecule has 1 unspecified atom stereocenters. The predicted molar refractivity (Wildman–Crippen MR) is 64.5 cm³/mol. The molecule has 1 fully saturated rings. The van der Waals surface area contributed by atoms with Crippen LogP contribution in [0.15, 0.2) is 4.52 Å². The van der Waals surface area contributed by atoms with Crippen LogP contribution in [-0.2, 0) is 6.54 Å². The van der Waals surface area contributed by atoms with Crippen molar-refractivity contribution in [3.63, 3.8) is 0 Å². The van der Waals surface area contributed by atoms with Crippen LogP contribution in [-0.4, -0.2) is 60.2 Å². The van der Waals surface area contributed by atoms with Gasteiger partial charge in [0.05, 0.1) is 12.6 Å². The lowest BCUT2D eigenvalue weighted by Gasteiger charge is -2.30. The molecule has 1 saturated heterocycles. The van der Waals surface area contributed by atoms with E-state index >= 15 is 0 Å². The summed E-state index contributed by atoms with van der Waals surface area (Å²) < 4.78 is 5.33. The highest BCUT2D eigenvalue weighted by molar-refractivity contribution is 4.93. The van der Waals surface area contributed by atoms with E-state index in [9.17, 15) is 0 Å². The molecule has 1 aliphatic heterocycles. The van der Waals surface area contributed by atoms with Crippen LogP contribution in [0.3, 0.4) is 0 Å². The standard InChI is InChI=1S/C11H21N5O/c1-9(16-6-4-12-5-7-16)11-13-10(14-17-11)8-15(2)3/h9,12H,4-8H2,1-3H3. The highest BCUT2D eigenvalue weighted by Crippen LogP contribution is 2.18. The van der Waals surface area contributed by atoms with Gasteiger partial charge < -0.3 is 14.7 Å². The largest absolute Gasteiger partial charge is 0.338 e. The molecule has 1 N–H and O–H groups in total. The van der Waals surface area contributed by atoms with Gasteiger partial charge >= 0.3 is 0 Å². The zero-order chi connectivity index (χ0) is 12.3. The van der Waals surface area contributed by atoms with Gasteiger partial charge in [-0.1, -0.05) is 5.16 Å². The highest BCUT2D eigenvalue weighted by atomic mass is 16.5. The summed E-state index contributed by atoms with van der Waals surface area (Å²) in [6.45, 7) is 6.97. The lowest BCUT2D eigenvalue weighted by molar-refractivity contribution is 0.154. The van der Waals surface area contributed by atoms with E-state index in [1.54, 1.807) is 0 Å². The van der Waals surface area contributed by atoms with Crippen molar-refractivity contribution in [1.82, 2.24) is 25.3 Å². The molecular formula is C11H21N5O. The van der Waals surface area contributed by atoms with Crippen molar-refractivity contribution in [3.8, 4) is 0 Å². The maximum atomic E-state index is 5.33. The molecule has 17 heavy (non-hydrogen) atoms. The van der Waals surface area contributed by atoms with Gasteiger partial charge in [0, 0.05) is 26.2 Å². The summed E-state index contributed by atoms with van der Waals surface area (Å²) in [5, 5.41) is 7.34. The Labute approximate surface area is 102 Å². The van der Waals surface area contributed by atoms with Gasteiger partial charge in [0.1, 0.15) is 0 Å². The Morgan fingerprint density at radius 2 is 2.12 bits per heavy atom. The minimum absolute atomic E-state index is 0.209. The predicted octanol–water partition coefficient (Wildman–Crippen LogP) is 0.0974. The van der Waals surface area contributed by atoms with Crippen molar-refractivity contribution in [2.24, 2.45) is 0 Å². The third kappa shape index (κ3) is 3.24. The second-order valence-electron chi connectivity index (χ2n) is 4.75. The molecule has 0 radical (unpaired) electrons. The fraction of sp³-hybridized carbons (Fsp3) is 0.818. The minimum atomic E-state index is 0.209. The quantitative estimate of drug-likeness (QED) is 0.804. The van der Waals surface area contributed by atoms with Crippen LogP contribution < -0.4 is 5.32 Å². The van der Waals surface area contributed by atoms with Crippen LogP contribution in [0.2, 0.25) is 0 Å².